The predicted molar refractivity (Wildman–Crippen MR) is 99.9 cm³/mol. The number of halogens is 1. The van der Waals surface area contributed by atoms with Crippen LogP contribution in [0.15, 0.2) is 54.6 Å². The van der Waals surface area contributed by atoms with Crippen LogP contribution < -0.4 is 5.32 Å². The summed E-state index contributed by atoms with van der Waals surface area (Å²) in [5.41, 5.74) is 1.21. The van der Waals surface area contributed by atoms with Crippen LogP contribution in [0.25, 0.3) is 0 Å². The average molecular weight is 381 g/mol. The molecule has 144 valence electrons. The highest BCUT2D eigenvalue weighted by Crippen LogP contribution is 2.20. The lowest BCUT2D eigenvalue weighted by atomic mass is 9.98. The molecule has 6 nitrogen and oxygen atoms in total. The zero-order valence-electron chi connectivity index (χ0n) is 15.2. The van der Waals surface area contributed by atoms with Crippen molar-refractivity contribution >= 4 is 17.7 Å². The Balaban J connectivity index is 1.46. The molecule has 2 fully saturated rings. The number of nitrogens with zero attached hydrogens (tertiary/aromatic N) is 2. The van der Waals surface area contributed by atoms with Gasteiger partial charge in [0.2, 0.25) is 11.8 Å². The largest absolute Gasteiger partial charge is 0.342 e. The van der Waals surface area contributed by atoms with E-state index in [1.165, 1.54) is 23.1 Å². The number of carbonyl (C=O) groups excluding carboxylic acids is 3. The van der Waals surface area contributed by atoms with Gasteiger partial charge < -0.3 is 15.1 Å². The van der Waals surface area contributed by atoms with E-state index in [4.69, 9.17) is 0 Å². The molecule has 0 bridgehead atoms. The molecular formula is C21H20FN3O3. The molecule has 2 heterocycles. The molecule has 3 amide bonds. The third kappa shape index (κ3) is 3.47. The summed E-state index contributed by atoms with van der Waals surface area (Å²) < 4.78 is 13.4. The molecule has 28 heavy (non-hydrogen) atoms. The van der Waals surface area contributed by atoms with Crippen molar-refractivity contribution in [2.75, 3.05) is 19.6 Å². The van der Waals surface area contributed by atoms with Gasteiger partial charge >= 0.3 is 0 Å². The first-order valence-corrected chi connectivity index (χ1v) is 9.22. The summed E-state index contributed by atoms with van der Waals surface area (Å²) in [4.78, 5) is 41.2. The van der Waals surface area contributed by atoms with Crippen molar-refractivity contribution in [3.63, 3.8) is 0 Å². The van der Waals surface area contributed by atoms with Crippen molar-refractivity contribution in [2.24, 2.45) is 0 Å². The van der Waals surface area contributed by atoms with E-state index in [9.17, 15) is 18.8 Å². The fourth-order valence-electron chi connectivity index (χ4n) is 3.78. The van der Waals surface area contributed by atoms with Crippen molar-refractivity contribution in [2.45, 2.75) is 18.5 Å². The van der Waals surface area contributed by atoms with Crippen LogP contribution in [0.3, 0.4) is 0 Å². The fraction of sp³-hybridized carbons (Fsp3) is 0.286. The van der Waals surface area contributed by atoms with E-state index < -0.39 is 17.9 Å². The molecule has 2 atom stereocenters. The van der Waals surface area contributed by atoms with Gasteiger partial charge in [0.1, 0.15) is 17.9 Å². The smallest absolute Gasteiger partial charge is 0.254 e. The Morgan fingerprint density at radius 1 is 1.07 bits per heavy atom. The molecule has 7 heteroatoms. The SMILES string of the molecule is O=C1NC(Cc2ccccc2)C(=O)N2CCN(C(=O)c3cccc(F)c3)CC12. The van der Waals surface area contributed by atoms with Crippen molar-refractivity contribution in [3.8, 4) is 0 Å². The van der Waals surface area contributed by atoms with E-state index in [0.717, 1.165) is 5.56 Å². The maximum atomic E-state index is 13.4. The van der Waals surface area contributed by atoms with Gasteiger partial charge in [0, 0.05) is 25.1 Å². The van der Waals surface area contributed by atoms with Crippen molar-refractivity contribution in [1.29, 1.82) is 0 Å². The highest BCUT2D eigenvalue weighted by atomic mass is 19.1. The van der Waals surface area contributed by atoms with Gasteiger partial charge in [0.05, 0.1) is 6.54 Å². The van der Waals surface area contributed by atoms with E-state index in [1.807, 2.05) is 30.3 Å². The fourth-order valence-corrected chi connectivity index (χ4v) is 3.78. The van der Waals surface area contributed by atoms with Crippen LogP contribution in [0.2, 0.25) is 0 Å². The second-order valence-electron chi connectivity index (χ2n) is 7.06. The molecule has 2 aromatic carbocycles. The molecular weight excluding hydrogens is 361 g/mol. The maximum absolute atomic E-state index is 13.4. The van der Waals surface area contributed by atoms with Gasteiger partial charge in [-0.05, 0) is 23.8 Å². The minimum atomic E-state index is -0.717. The number of carbonyl (C=O) groups is 3. The molecule has 0 aliphatic carbocycles. The molecule has 2 aliphatic rings. The lowest BCUT2D eigenvalue weighted by molar-refractivity contribution is -0.152. The quantitative estimate of drug-likeness (QED) is 0.869. The van der Waals surface area contributed by atoms with E-state index in [0.29, 0.717) is 13.0 Å². The van der Waals surface area contributed by atoms with Crippen LogP contribution in [0, 0.1) is 5.82 Å². The number of hydrogen-bond donors (Lipinski definition) is 1. The molecule has 0 aromatic heterocycles. The number of piperazine rings is 2. The number of fused-ring (bicyclic) bond motifs is 1. The van der Waals surface area contributed by atoms with Crippen LogP contribution in [-0.2, 0) is 16.0 Å². The van der Waals surface area contributed by atoms with Crippen LogP contribution in [0.4, 0.5) is 4.39 Å². The van der Waals surface area contributed by atoms with E-state index in [-0.39, 0.29) is 36.4 Å². The highest BCUT2D eigenvalue weighted by molar-refractivity contribution is 5.99. The number of hydrogen-bond acceptors (Lipinski definition) is 3. The minimum Gasteiger partial charge on any atom is -0.342 e. The Bertz CT molecular complexity index is 918. The first-order valence-electron chi connectivity index (χ1n) is 9.22. The summed E-state index contributed by atoms with van der Waals surface area (Å²) in [5.74, 6) is -1.23. The van der Waals surface area contributed by atoms with Crippen LogP contribution >= 0.6 is 0 Å². The molecule has 0 saturated carbocycles. The summed E-state index contributed by atoms with van der Waals surface area (Å²) >= 11 is 0. The lowest BCUT2D eigenvalue weighted by Gasteiger charge is -2.45. The molecule has 0 radical (unpaired) electrons. The Morgan fingerprint density at radius 3 is 2.61 bits per heavy atom. The standard InChI is InChI=1S/C21H20FN3O3/c22-16-8-4-7-15(12-16)20(27)24-9-10-25-18(13-24)19(26)23-17(21(25)28)11-14-5-2-1-3-6-14/h1-8,12,17-18H,9-11,13H2,(H,23,26). The molecule has 0 spiro atoms. The second kappa shape index (κ2) is 7.42. The summed E-state index contributed by atoms with van der Waals surface area (Å²) in [7, 11) is 0. The number of benzene rings is 2. The van der Waals surface area contributed by atoms with Crippen molar-refractivity contribution in [3.05, 3.63) is 71.5 Å². The van der Waals surface area contributed by atoms with Crippen LogP contribution in [0.5, 0.6) is 0 Å². The van der Waals surface area contributed by atoms with Crippen molar-refractivity contribution < 1.29 is 18.8 Å². The van der Waals surface area contributed by atoms with Crippen LogP contribution in [-0.4, -0.2) is 59.2 Å². The summed E-state index contributed by atoms with van der Waals surface area (Å²) in [6.45, 7) is 0.692. The van der Waals surface area contributed by atoms with Gasteiger partial charge in [-0.15, -0.1) is 0 Å². The third-order valence-corrected chi connectivity index (χ3v) is 5.22. The molecule has 2 unspecified atom stereocenters. The molecule has 2 saturated heterocycles. The minimum absolute atomic E-state index is 0.102. The van der Waals surface area contributed by atoms with E-state index in [1.54, 1.807) is 11.0 Å². The monoisotopic (exact) mass is 381 g/mol. The molecule has 2 aliphatic heterocycles. The Labute approximate surface area is 161 Å². The van der Waals surface area contributed by atoms with E-state index in [2.05, 4.69) is 5.32 Å². The van der Waals surface area contributed by atoms with Gasteiger partial charge in [-0.1, -0.05) is 36.4 Å². The molecule has 1 N–H and O–H groups in total. The van der Waals surface area contributed by atoms with Gasteiger partial charge in [-0.2, -0.15) is 0 Å². The van der Waals surface area contributed by atoms with Crippen LogP contribution in [0.1, 0.15) is 15.9 Å². The zero-order valence-corrected chi connectivity index (χ0v) is 15.2. The van der Waals surface area contributed by atoms with Gasteiger partial charge in [0.15, 0.2) is 0 Å². The van der Waals surface area contributed by atoms with Gasteiger partial charge in [-0.3, -0.25) is 14.4 Å². The predicted octanol–water partition coefficient (Wildman–Crippen LogP) is 1.22. The first kappa shape index (κ1) is 18.2. The summed E-state index contributed by atoms with van der Waals surface area (Å²) in [6, 6.07) is 13.7. The van der Waals surface area contributed by atoms with Gasteiger partial charge in [-0.25, -0.2) is 4.39 Å². The second-order valence-corrected chi connectivity index (χ2v) is 7.06. The molecule has 4 rings (SSSR count). The van der Waals surface area contributed by atoms with E-state index >= 15 is 0 Å². The highest BCUT2D eigenvalue weighted by Gasteiger charge is 2.44. The zero-order chi connectivity index (χ0) is 19.7. The lowest BCUT2D eigenvalue weighted by Crippen LogP contribution is -2.70. The topological polar surface area (TPSA) is 69.7 Å². The normalized spacial score (nSPS) is 21.9. The summed E-state index contributed by atoms with van der Waals surface area (Å²) in [6.07, 6.45) is 0.431. The average Bonchev–Trinajstić information content (AvgIpc) is 2.71. The molecule has 2 aromatic rings. The summed E-state index contributed by atoms with van der Waals surface area (Å²) in [5, 5.41) is 2.79. The Kier molecular flexibility index (Phi) is 4.81. The number of amides is 3. The maximum Gasteiger partial charge on any atom is 0.254 e. The van der Waals surface area contributed by atoms with Gasteiger partial charge in [0.25, 0.3) is 5.91 Å². The number of nitrogens with one attached hydrogen (secondary N) is 1. The Hall–Kier alpha value is -3.22. The number of rotatable bonds is 3. The van der Waals surface area contributed by atoms with Crippen molar-refractivity contribution in [1.82, 2.24) is 15.1 Å². The Morgan fingerprint density at radius 2 is 1.86 bits per heavy atom. The third-order valence-electron chi connectivity index (χ3n) is 5.22. The first-order chi connectivity index (χ1) is 13.5.